The molecule has 0 saturated heterocycles. The molecule has 14 heteroatoms. The molecule has 0 unspecified atom stereocenters. The standard InChI is InChI=1S/C19H15F6N7O/c1-10-5-15(28-11(2)27-10)29-30-16(33)3-4-32-9-26-17(31-32)12-6-13(18(20,21)22)8-14(7-12)19(23,24)25/h5-9H,3-4H2,1-2H3. The average molecular weight is 471 g/mol. The van der Waals surface area contributed by atoms with Crippen molar-refractivity contribution in [3.63, 3.8) is 0 Å². The highest BCUT2D eigenvalue weighted by Gasteiger charge is 2.37. The second-order valence-corrected chi connectivity index (χ2v) is 6.88. The van der Waals surface area contributed by atoms with Crippen LogP contribution in [0.5, 0.6) is 0 Å². The summed E-state index contributed by atoms with van der Waals surface area (Å²) in [5, 5.41) is 11.1. The monoisotopic (exact) mass is 471 g/mol. The number of rotatable bonds is 5. The molecule has 0 atom stereocenters. The maximum atomic E-state index is 13.0. The number of carbonyl (C=O) groups excluding carboxylic acids is 1. The number of azo groups is 1. The molecule has 0 aliphatic rings. The van der Waals surface area contributed by atoms with E-state index in [9.17, 15) is 31.1 Å². The molecule has 33 heavy (non-hydrogen) atoms. The third kappa shape index (κ3) is 6.40. The van der Waals surface area contributed by atoms with E-state index in [1.807, 2.05) is 0 Å². The van der Waals surface area contributed by atoms with Crippen LogP contribution in [0.25, 0.3) is 11.4 Å². The van der Waals surface area contributed by atoms with E-state index < -0.39 is 35.0 Å². The highest BCUT2D eigenvalue weighted by atomic mass is 19.4. The molecule has 174 valence electrons. The topological polar surface area (TPSA) is 98.3 Å². The van der Waals surface area contributed by atoms with Gasteiger partial charge in [-0.1, -0.05) is 0 Å². The molecule has 3 aromatic rings. The summed E-state index contributed by atoms with van der Waals surface area (Å²) >= 11 is 0. The lowest BCUT2D eigenvalue weighted by Crippen LogP contribution is -2.11. The first-order chi connectivity index (χ1) is 15.3. The minimum absolute atomic E-state index is 0.0187. The molecule has 0 aliphatic heterocycles. The second-order valence-electron chi connectivity index (χ2n) is 6.88. The molecule has 0 bridgehead atoms. The fraction of sp³-hybridized carbons (Fsp3) is 0.316. The van der Waals surface area contributed by atoms with Crippen molar-refractivity contribution in [3.05, 3.63) is 53.2 Å². The van der Waals surface area contributed by atoms with Crippen LogP contribution in [0.1, 0.15) is 29.1 Å². The van der Waals surface area contributed by atoms with Crippen LogP contribution in [0.2, 0.25) is 0 Å². The number of carbonyl (C=O) groups is 1. The number of hydrogen-bond acceptors (Lipinski definition) is 6. The summed E-state index contributed by atoms with van der Waals surface area (Å²) in [6, 6.07) is 2.60. The zero-order chi connectivity index (χ0) is 24.4. The number of amides is 1. The van der Waals surface area contributed by atoms with Gasteiger partial charge in [-0.2, -0.15) is 31.4 Å². The Bertz CT molecular complexity index is 1150. The van der Waals surface area contributed by atoms with Crippen LogP contribution < -0.4 is 0 Å². The van der Waals surface area contributed by atoms with Gasteiger partial charge in [-0.05, 0) is 32.0 Å². The molecule has 0 spiro atoms. The molecule has 0 fully saturated rings. The van der Waals surface area contributed by atoms with E-state index in [4.69, 9.17) is 0 Å². The van der Waals surface area contributed by atoms with Gasteiger partial charge in [0.1, 0.15) is 12.2 Å². The van der Waals surface area contributed by atoms with Crippen LogP contribution in [0, 0.1) is 13.8 Å². The Kier molecular flexibility index (Phi) is 6.56. The van der Waals surface area contributed by atoms with Crippen molar-refractivity contribution >= 4 is 11.7 Å². The third-order valence-corrected chi connectivity index (χ3v) is 4.15. The van der Waals surface area contributed by atoms with Gasteiger partial charge in [0.15, 0.2) is 11.6 Å². The number of aromatic nitrogens is 5. The Hall–Kier alpha value is -3.71. The lowest BCUT2D eigenvalue weighted by Gasteiger charge is -2.13. The van der Waals surface area contributed by atoms with Gasteiger partial charge in [0.2, 0.25) is 0 Å². The number of benzene rings is 1. The molecule has 8 nitrogen and oxygen atoms in total. The van der Waals surface area contributed by atoms with Crippen LogP contribution in [0.4, 0.5) is 32.2 Å². The SMILES string of the molecule is Cc1cc(N=NC(=O)CCn2cnc(-c3cc(C(F)(F)F)cc(C(F)(F)F)c3)n2)nc(C)n1. The predicted molar refractivity (Wildman–Crippen MR) is 101 cm³/mol. The quantitative estimate of drug-likeness (QED) is 0.381. The fourth-order valence-electron chi connectivity index (χ4n) is 2.73. The first-order valence-electron chi connectivity index (χ1n) is 9.27. The Labute approximate surface area is 182 Å². The van der Waals surface area contributed by atoms with Crippen LogP contribution in [0.15, 0.2) is 40.8 Å². The van der Waals surface area contributed by atoms with Gasteiger partial charge in [0.05, 0.1) is 24.1 Å². The Balaban J connectivity index is 1.73. The van der Waals surface area contributed by atoms with Gasteiger partial charge >= 0.3 is 12.4 Å². The minimum atomic E-state index is -4.99. The van der Waals surface area contributed by atoms with E-state index in [0.717, 1.165) is 11.0 Å². The normalized spacial score (nSPS) is 12.5. The molecule has 2 heterocycles. The molecule has 0 N–H and O–H groups in total. The van der Waals surface area contributed by atoms with Gasteiger partial charge in [0.25, 0.3) is 5.91 Å². The minimum Gasteiger partial charge on any atom is -0.271 e. The molecule has 3 rings (SSSR count). The van der Waals surface area contributed by atoms with E-state index in [2.05, 4.69) is 30.3 Å². The van der Waals surface area contributed by atoms with Crippen molar-refractivity contribution in [2.24, 2.45) is 10.2 Å². The Morgan fingerprint density at radius 2 is 1.61 bits per heavy atom. The number of alkyl halides is 6. The van der Waals surface area contributed by atoms with E-state index in [1.54, 1.807) is 13.8 Å². The van der Waals surface area contributed by atoms with E-state index >= 15 is 0 Å². The lowest BCUT2D eigenvalue weighted by atomic mass is 10.0. The fourth-order valence-corrected chi connectivity index (χ4v) is 2.73. The maximum Gasteiger partial charge on any atom is 0.416 e. The average Bonchev–Trinajstić information content (AvgIpc) is 3.17. The molecular weight excluding hydrogens is 456 g/mol. The van der Waals surface area contributed by atoms with Gasteiger partial charge in [-0.25, -0.2) is 15.0 Å². The zero-order valence-electron chi connectivity index (χ0n) is 17.1. The van der Waals surface area contributed by atoms with Gasteiger partial charge in [0, 0.05) is 17.3 Å². The van der Waals surface area contributed by atoms with Gasteiger partial charge in [-0.15, -0.1) is 10.2 Å². The van der Waals surface area contributed by atoms with Crippen molar-refractivity contribution in [2.75, 3.05) is 0 Å². The van der Waals surface area contributed by atoms with Crippen molar-refractivity contribution in [3.8, 4) is 11.4 Å². The van der Waals surface area contributed by atoms with E-state index in [1.165, 1.54) is 6.07 Å². The highest BCUT2D eigenvalue weighted by Crippen LogP contribution is 2.38. The first-order valence-corrected chi connectivity index (χ1v) is 9.27. The van der Waals surface area contributed by atoms with Crippen LogP contribution in [-0.4, -0.2) is 30.6 Å². The van der Waals surface area contributed by atoms with Gasteiger partial charge in [-0.3, -0.25) is 9.48 Å². The van der Waals surface area contributed by atoms with Crippen LogP contribution >= 0.6 is 0 Å². The second kappa shape index (κ2) is 9.03. The summed E-state index contributed by atoms with van der Waals surface area (Å²) in [5.41, 5.74) is -2.78. The lowest BCUT2D eigenvalue weighted by molar-refractivity contribution is -0.143. The summed E-state index contributed by atoms with van der Waals surface area (Å²) in [6.07, 6.45) is -9.08. The van der Waals surface area contributed by atoms with Crippen molar-refractivity contribution < 1.29 is 31.1 Å². The van der Waals surface area contributed by atoms with Crippen LogP contribution in [0.3, 0.4) is 0 Å². The summed E-state index contributed by atoms with van der Waals surface area (Å²) in [5.74, 6) is -0.344. The van der Waals surface area contributed by atoms with Crippen LogP contribution in [-0.2, 0) is 23.7 Å². The molecule has 1 amide bonds. The summed E-state index contributed by atoms with van der Waals surface area (Å²) in [4.78, 5) is 23.7. The maximum absolute atomic E-state index is 13.0. The Morgan fingerprint density at radius 1 is 0.970 bits per heavy atom. The number of hydrogen-bond donors (Lipinski definition) is 0. The smallest absolute Gasteiger partial charge is 0.271 e. The third-order valence-electron chi connectivity index (χ3n) is 4.15. The zero-order valence-corrected chi connectivity index (χ0v) is 17.1. The van der Waals surface area contributed by atoms with E-state index in [0.29, 0.717) is 23.7 Å². The molecule has 1 aromatic carbocycles. The number of aryl methyl sites for hydroxylation is 3. The Morgan fingerprint density at radius 3 is 2.18 bits per heavy atom. The number of halogens is 6. The van der Waals surface area contributed by atoms with Crippen molar-refractivity contribution in [1.82, 2.24) is 24.7 Å². The molecular formula is C19H15F6N7O. The first kappa shape index (κ1) is 23.9. The van der Waals surface area contributed by atoms with Crippen molar-refractivity contribution in [2.45, 2.75) is 39.2 Å². The summed E-state index contributed by atoms with van der Waals surface area (Å²) < 4.78 is 79.3. The van der Waals surface area contributed by atoms with Crippen molar-refractivity contribution in [1.29, 1.82) is 0 Å². The molecule has 0 radical (unpaired) electrons. The van der Waals surface area contributed by atoms with E-state index in [-0.39, 0.29) is 30.7 Å². The highest BCUT2D eigenvalue weighted by molar-refractivity contribution is 5.76. The number of nitrogens with zero attached hydrogens (tertiary/aromatic N) is 7. The molecule has 0 aliphatic carbocycles. The molecule has 0 saturated carbocycles. The largest absolute Gasteiger partial charge is 0.416 e. The summed E-state index contributed by atoms with van der Waals surface area (Å²) in [6.45, 7) is 3.30. The summed E-state index contributed by atoms with van der Waals surface area (Å²) in [7, 11) is 0. The molecule has 2 aromatic heterocycles. The van der Waals surface area contributed by atoms with Gasteiger partial charge < -0.3 is 0 Å². The predicted octanol–water partition coefficient (Wildman–Crippen LogP) is 5.09.